The van der Waals surface area contributed by atoms with Crippen molar-refractivity contribution in [1.29, 1.82) is 0 Å². The minimum absolute atomic E-state index is 0.116. The summed E-state index contributed by atoms with van der Waals surface area (Å²) in [6.45, 7) is 1.20. The van der Waals surface area contributed by atoms with E-state index < -0.39 is 22.7 Å². The molecule has 1 N–H and O–H groups in total. The van der Waals surface area contributed by atoms with Crippen LogP contribution in [0, 0.1) is 0 Å². The summed E-state index contributed by atoms with van der Waals surface area (Å²) in [6, 6.07) is 8.58. The molecule has 2 aromatic heterocycles. The quantitative estimate of drug-likeness (QED) is 0.411. The van der Waals surface area contributed by atoms with Crippen LogP contribution in [0.2, 0.25) is 5.02 Å². The van der Waals surface area contributed by atoms with Crippen molar-refractivity contribution in [2.45, 2.75) is 24.6 Å². The van der Waals surface area contributed by atoms with E-state index in [1.807, 2.05) is 6.07 Å². The van der Waals surface area contributed by atoms with Crippen LogP contribution in [-0.4, -0.2) is 5.97 Å². The number of carbonyl (C=O) groups is 1. The Balaban J connectivity index is 1.78. The number of rotatable bonds is 7. The summed E-state index contributed by atoms with van der Waals surface area (Å²) in [4.78, 5) is 11.3. The molecular formula is C19H15ClF3NO4S. The van der Waals surface area contributed by atoms with E-state index in [-0.39, 0.29) is 17.3 Å². The Bertz CT molecular complexity index is 986. The van der Waals surface area contributed by atoms with Crippen molar-refractivity contribution < 1.29 is 31.5 Å². The van der Waals surface area contributed by atoms with Crippen LogP contribution in [-0.2, 0) is 22.5 Å². The number of anilines is 2. The molecule has 0 saturated carbocycles. The van der Waals surface area contributed by atoms with Crippen molar-refractivity contribution in [3.05, 3.63) is 64.8 Å². The normalized spacial score (nSPS) is 11.5. The molecule has 3 rings (SSSR count). The van der Waals surface area contributed by atoms with Gasteiger partial charge in [-0.05, 0) is 30.3 Å². The van der Waals surface area contributed by atoms with Crippen molar-refractivity contribution in [2.75, 3.05) is 5.32 Å². The highest BCUT2D eigenvalue weighted by Crippen LogP contribution is 2.39. The Morgan fingerprint density at radius 3 is 2.62 bits per heavy atom. The second kappa shape index (κ2) is 8.87. The van der Waals surface area contributed by atoms with Gasteiger partial charge in [-0.2, -0.15) is 13.2 Å². The van der Waals surface area contributed by atoms with Gasteiger partial charge in [-0.15, -0.1) is 11.8 Å². The highest BCUT2D eigenvalue weighted by molar-refractivity contribution is 7.97. The number of furan rings is 2. The number of nitrogens with one attached hydrogen (secondary N) is 1. The summed E-state index contributed by atoms with van der Waals surface area (Å²) >= 11 is 7.14. The predicted octanol–water partition coefficient (Wildman–Crippen LogP) is 6.65. The van der Waals surface area contributed by atoms with Crippen molar-refractivity contribution >= 4 is 40.7 Å². The first-order valence-corrected chi connectivity index (χ1v) is 9.80. The number of hydrogen-bond donors (Lipinski definition) is 1. The number of thioether (sulfide) groups is 1. The third-order valence-electron chi connectivity index (χ3n) is 3.60. The average Bonchev–Trinajstić information content (AvgIpc) is 3.26. The Morgan fingerprint density at radius 2 is 1.97 bits per heavy atom. The lowest BCUT2D eigenvalue weighted by atomic mass is 10.2. The Labute approximate surface area is 173 Å². The maximum Gasteiger partial charge on any atom is 0.417 e. The molecule has 1 aromatic carbocycles. The number of carbonyl (C=O) groups excluding carboxylic acids is 1. The third kappa shape index (κ3) is 5.74. The fourth-order valence-electron chi connectivity index (χ4n) is 2.41. The fraction of sp³-hybridized carbons (Fsp3) is 0.211. The van der Waals surface area contributed by atoms with E-state index in [1.165, 1.54) is 24.8 Å². The maximum atomic E-state index is 13.1. The van der Waals surface area contributed by atoms with Gasteiger partial charge in [0.2, 0.25) is 0 Å². The smallest absolute Gasteiger partial charge is 0.417 e. The van der Waals surface area contributed by atoms with Gasteiger partial charge < -0.3 is 18.9 Å². The van der Waals surface area contributed by atoms with Gasteiger partial charge in [-0.3, -0.25) is 4.79 Å². The Kier molecular flexibility index (Phi) is 6.49. The van der Waals surface area contributed by atoms with Gasteiger partial charge in [0, 0.05) is 18.7 Å². The molecule has 29 heavy (non-hydrogen) atoms. The number of hydrogen-bond acceptors (Lipinski definition) is 6. The summed E-state index contributed by atoms with van der Waals surface area (Å²) < 4.78 is 55.0. The van der Waals surface area contributed by atoms with Crippen molar-refractivity contribution in [2.24, 2.45) is 0 Å². The molecule has 5 nitrogen and oxygen atoms in total. The van der Waals surface area contributed by atoms with Crippen LogP contribution in [0.3, 0.4) is 0 Å². The standard InChI is InChI=1S/C19H15ClF3NO4S/c1-11(25)27-18-17(8-14(28-18)10-29-9-13-3-2-6-26-13)24-12-4-5-16(20)15(7-12)19(21,22)23/h2-8,24H,9-10H2,1H3. The largest absolute Gasteiger partial charge is 0.468 e. The molecule has 2 heterocycles. The minimum atomic E-state index is -4.60. The highest BCUT2D eigenvalue weighted by atomic mass is 35.5. The minimum Gasteiger partial charge on any atom is -0.468 e. The fourth-order valence-corrected chi connectivity index (χ4v) is 3.45. The van der Waals surface area contributed by atoms with Crippen LogP contribution in [0.4, 0.5) is 24.5 Å². The molecule has 0 radical (unpaired) electrons. The molecule has 0 aliphatic carbocycles. The van der Waals surface area contributed by atoms with E-state index >= 15 is 0 Å². The number of esters is 1. The molecule has 0 aliphatic rings. The van der Waals surface area contributed by atoms with Gasteiger partial charge in [0.05, 0.1) is 28.4 Å². The van der Waals surface area contributed by atoms with E-state index in [0.717, 1.165) is 17.9 Å². The third-order valence-corrected chi connectivity index (χ3v) is 4.91. The summed E-state index contributed by atoms with van der Waals surface area (Å²) in [5, 5.41) is 2.37. The number of alkyl halides is 3. The summed E-state index contributed by atoms with van der Waals surface area (Å²) in [6.07, 6.45) is -3.03. The first kappa shape index (κ1) is 21.2. The van der Waals surface area contributed by atoms with Crippen LogP contribution in [0.5, 0.6) is 5.95 Å². The second-order valence-corrected chi connectivity index (χ2v) is 7.29. The zero-order valence-electron chi connectivity index (χ0n) is 15.0. The first-order chi connectivity index (χ1) is 13.7. The summed E-state index contributed by atoms with van der Waals surface area (Å²) in [5.41, 5.74) is -0.633. The summed E-state index contributed by atoms with van der Waals surface area (Å²) in [7, 11) is 0. The van der Waals surface area contributed by atoms with Gasteiger partial charge in [-0.1, -0.05) is 11.6 Å². The summed E-state index contributed by atoms with van der Waals surface area (Å²) in [5.74, 6) is 1.56. The van der Waals surface area contributed by atoms with Crippen LogP contribution in [0.15, 0.2) is 51.5 Å². The molecule has 0 aliphatic heterocycles. The monoisotopic (exact) mass is 445 g/mol. The van der Waals surface area contributed by atoms with Crippen LogP contribution in [0.1, 0.15) is 24.0 Å². The van der Waals surface area contributed by atoms with Crippen molar-refractivity contribution in [3.63, 3.8) is 0 Å². The van der Waals surface area contributed by atoms with E-state index in [1.54, 1.807) is 18.4 Å². The second-order valence-electron chi connectivity index (χ2n) is 5.90. The molecule has 0 atom stereocenters. The molecule has 3 aromatic rings. The van der Waals surface area contributed by atoms with Gasteiger partial charge >= 0.3 is 18.1 Å². The van der Waals surface area contributed by atoms with Crippen LogP contribution in [0.25, 0.3) is 0 Å². The average molecular weight is 446 g/mol. The van der Waals surface area contributed by atoms with Crippen molar-refractivity contribution in [1.82, 2.24) is 0 Å². The van der Waals surface area contributed by atoms with E-state index in [0.29, 0.717) is 17.3 Å². The highest BCUT2D eigenvalue weighted by Gasteiger charge is 2.33. The molecule has 0 unspecified atom stereocenters. The first-order valence-electron chi connectivity index (χ1n) is 8.27. The lowest BCUT2D eigenvalue weighted by Crippen LogP contribution is -2.07. The molecule has 154 valence electrons. The molecule has 0 saturated heterocycles. The predicted molar refractivity (Wildman–Crippen MR) is 103 cm³/mol. The zero-order chi connectivity index (χ0) is 21.0. The molecule has 0 fully saturated rings. The number of benzene rings is 1. The Morgan fingerprint density at radius 1 is 1.21 bits per heavy atom. The zero-order valence-corrected chi connectivity index (χ0v) is 16.6. The maximum absolute atomic E-state index is 13.1. The SMILES string of the molecule is CC(=O)Oc1oc(CSCc2ccco2)cc1Nc1ccc(Cl)c(C(F)(F)F)c1. The van der Waals surface area contributed by atoms with Crippen LogP contribution >= 0.6 is 23.4 Å². The topological polar surface area (TPSA) is 64.6 Å². The van der Waals surface area contributed by atoms with Gasteiger partial charge in [0.25, 0.3) is 0 Å². The molecule has 10 heteroatoms. The van der Waals surface area contributed by atoms with E-state index in [2.05, 4.69) is 5.32 Å². The Hall–Kier alpha value is -2.52. The molecule has 0 spiro atoms. The lowest BCUT2D eigenvalue weighted by Gasteiger charge is -2.12. The van der Waals surface area contributed by atoms with Crippen molar-refractivity contribution in [3.8, 4) is 5.95 Å². The van der Waals surface area contributed by atoms with E-state index in [9.17, 15) is 18.0 Å². The van der Waals surface area contributed by atoms with Gasteiger partial charge in [0.15, 0.2) is 0 Å². The molecular weight excluding hydrogens is 431 g/mol. The van der Waals surface area contributed by atoms with Gasteiger partial charge in [0.1, 0.15) is 17.2 Å². The van der Waals surface area contributed by atoms with Crippen LogP contribution < -0.4 is 10.1 Å². The lowest BCUT2D eigenvalue weighted by molar-refractivity contribution is -0.137. The number of halogens is 4. The number of ether oxygens (including phenoxy) is 1. The van der Waals surface area contributed by atoms with Gasteiger partial charge in [-0.25, -0.2) is 0 Å². The van der Waals surface area contributed by atoms with E-state index in [4.69, 9.17) is 25.2 Å². The molecule has 0 bridgehead atoms. The molecule has 0 amide bonds.